The van der Waals surface area contributed by atoms with Crippen LogP contribution in [0, 0.1) is 5.82 Å². The lowest BCUT2D eigenvalue weighted by molar-refractivity contribution is 0.0510. The van der Waals surface area contributed by atoms with Gasteiger partial charge in [-0.2, -0.15) is 0 Å². The van der Waals surface area contributed by atoms with Crippen LogP contribution in [-0.2, 0) is 6.54 Å². The second kappa shape index (κ2) is 9.67. The molecule has 35 heavy (non-hydrogen) atoms. The van der Waals surface area contributed by atoms with Gasteiger partial charge in [-0.1, -0.05) is 41.6 Å². The number of amides is 2. The summed E-state index contributed by atoms with van der Waals surface area (Å²) in [5, 5.41) is 0.257. The Bertz CT molecular complexity index is 1280. The number of halogens is 2. The quantitative estimate of drug-likeness (QED) is 0.376. The minimum Gasteiger partial charge on any atom is -0.333 e. The van der Waals surface area contributed by atoms with E-state index in [1.807, 2.05) is 35.2 Å². The SMILES string of the molecule is CC1CCCC(C)N1C(=O)c1ccc2c(c1)N(Cc1c(F)cccc1Cl)C(=O)c1ccccc1S2. The van der Waals surface area contributed by atoms with E-state index in [9.17, 15) is 14.0 Å². The first-order chi connectivity index (χ1) is 16.8. The number of likely N-dealkylation sites (tertiary alicyclic amines) is 1. The highest BCUT2D eigenvalue weighted by atomic mass is 35.5. The van der Waals surface area contributed by atoms with Crippen molar-refractivity contribution in [2.75, 3.05) is 4.90 Å². The summed E-state index contributed by atoms with van der Waals surface area (Å²) in [7, 11) is 0. The van der Waals surface area contributed by atoms with E-state index >= 15 is 0 Å². The van der Waals surface area contributed by atoms with E-state index in [4.69, 9.17) is 11.6 Å². The van der Waals surface area contributed by atoms with E-state index in [1.165, 1.54) is 22.7 Å². The number of rotatable bonds is 3. The number of hydrogen-bond donors (Lipinski definition) is 0. The molecule has 180 valence electrons. The van der Waals surface area contributed by atoms with Gasteiger partial charge >= 0.3 is 0 Å². The predicted octanol–water partition coefficient (Wildman–Crippen LogP) is 7.19. The number of fused-ring (bicyclic) bond motifs is 2. The monoisotopic (exact) mass is 508 g/mol. The second-order valence-electron chi connectivity index (χ2n) is 9.21. The summed E-state index contributed by atoms with van der Waals surface area (Å²) in [5.41, 5.74) is 1.88. The van der Waals surface area contributed by atoms with Crippen molar-refractivity contribution in [2.24, 2.45) is 0 Å². The Balaban J connectivity index is 1.61. The molecule has 5 rings (SSSR count). The lowest BCUT2D eigenvalue weighted by atomic mass is 9.96. The topological polar surface area (TPSA) is 40.6 Å². The third kappa shape index (κ3) is 4.45. The molecule has 2 aliphatic heterocycles. The normalized spacial score (nSPS) is 19.7. The van der Waals surface area contributed by atoms with Gasteiger partial charge in [-0.25, -0.2) is 4.39 Å². The van der Waals surface area contributed by atoms with Gasteiger partial charge in [0, 0.05) is 38.0 Å². The summed E-state index contributed by atoms with van der Waals surface area (Å²) in [6, 6.07) is 17.7. The van der Waals surface area contributed by atoms with E-state index in [1.54, 1.807) is 24.3 Å². The standard InChI is InChI=1S/C28H26ClFN2O2S/c1-17-7-5-8-18(2)32(17)27(33)19-13-14-26-24(15-19)31(16-21-22(29)10-6-11-23(21)30)28(34)20-9-3-4-12-25(20)35-26/h3-4,6,9-15,17-18H,5,7-8,16H2,1-2H3. The van der Waals surface area contributed by atoms with Gasteiger partial charge in [-0.15, -0.1) is 0 Å². The molecule has 7 heteroatoms. The highest BCUT2D eigenvalue weighted by Crippen LogP contribution is 2.43. The van der Waals surface area contributed by atoms with Crippen LogP contribution in [0.2, 0.25) is 5.02 Å². The summed E-state index contributed by atoms with van der Waals surface area (Å²) in [4.78, 5) is 32.5. The van der Waals surface area contributed by atoms with Crippen LogP contribution in [0.1, 0.15) is 59.4 Å². The van der Waals surface area contributed by atoms with E-state index in [-0.39, 0.29) is 41.0 Å². The maximum atomic E-state index is 14.8. The number of hydrogen-bond acceptors (Lipinski definition) is 3. The van der Waals surface area contributed by atoms with Crippen LogP contribution in [0.15, 0.2) is 70.5 Å². The Hall–Kier alpha value is -2.83. The zero-order chi connectivity index (χ0) is 24.7. The third-order valence-corrected chi connectivity index (χ3v) is 8.38. The van der Waals surface area contributed by atoms with Crippen LogP contribution < -0.4 is 4.90 Å². The molecule has 2 heterocycles. The van der Waals surface area contributed by atoms with Crippen LogP contribution >= 0.6 is 23.4 Å². The number of benzene rings is 3. The molecule has 3 aromatic rings. The average Bonchev–Trinajstić information content (AvgIpc) is 2.95. The van der Waals surface area contributed by atoms with Crippen molar-refractivity contribution in [3.63, 3.8) is 0 Å². The summed E-state index contributed by atoms with van der Waals surface area (Å²) in [5.74, 6) is -0.772. The molecule has 2 aliphatic rings. The largest absolute Gasteiger partial charge is 0.333 e. The Kier molecular flexibility index (Phi) is 6.60. The van der Waals surface area contributed by atoms with Gasteiger partial charge in [0.2, 0.25) is 0 Å². The Morgan fingerprint density at radius 3 is 2.51 bits per heavy atom. The fraction of sp³-hybridized carbons (Fsp3) is 0.286. The van der Waals surface area contributed by atoms with Crippen molar-refractivity contribution in [3.05, 3.63) is 88.2 Å². The Morgan fingerprint density at radius 1 is 1.03 bits per heavy atom. The fourth-order valence-corrected chi connectivity index (χ4v) is 6.30. The molecule has 2 unspecified atom stereocenters. The first-order valence-corrected chi connectivity index (χ1v) is 13.0. The number of carbonyl (C=O) groups is 2. The molecule has 0 bridgehead atoms. The van der Waals surface area contributed by atoms with Gasteiger partial charge in [0.05, 0.1) is 17.8 Å². The van der Waals surface area contributed by atoms with Crippen molar-refractivity contribution in [2.45, 2.75) is 61.5 Å². The Morgan fingerprint density at radius 2 is 1.77 bits per heavy atom. The number of piperidine rings is 1. The van der Waals surface area contributed by atoms with Gasteiger partial charge in [-0.3, -0.25) is 9.59 Å². The Labute approximate surface area is 214 Å². The van der Waals surface area contributed by atoms with Gasteiger partial charge in [0.25, 0.3) is 11.8 Å². The minimum atomic E-state index is -0.472. The molecule has 4 nitrogen and oxygen atoms in total. The van der Waals surface area contributed by atoms with Gasteiger partial charge < -0.3 is 9.80 Å². The minimum absolute atomic E-state index is 0.0413. The van der Waals surface area contributed by atoms with E-state index in [0.717, 1.165) is 29.1 Å². The summed E-state index contributed by atoms with van der Waals surface area (Å²) in [6.45, 7) is 4.12. The molecule has 0 saturated carbocycles. The molecule has 0 aromatic heterocycles. The highest BCUT2D eigenvalue weighted by Gasteiger charge is 2.32. The average molecular weight is 509 g/mol. The fourth-order valence-electron chi connectivity index (χ4n) is 5.02. The third-order valence-electron chi connectivity index (χ3n) is 6.89. The molecule has 1 saturated heterocycles. The van der Waals surface area contributed by atoms with E-state index in [0.29, 0.717) is 16.8 Å². The zero-order valence-corrected chi connectivity index (χ0v) is 21.2. The van der Waals surface area contributed by atoms with Crippen LogP contribution in [-0.4, -0.2) is 28.8 Å². The molecule has 0 aliphatic carbocycles. The van der Waals surface area contributed by atoms with E-state index in [2.05, 4.69) is 13.8 Å². The maximum Gasteiger partial charge on any atom is 0.259 e. The second-order valence-corrected chi connectivity index (χ2v) is 10.7. The van der Waals surface area contributed by atoms with Crippen LogP contribution in [0.5, 0.6) is 0 Å². The molecule has 0 spiro atoms. The van der Waals surface area contributed by atoms with Crippen molar-refractivity contribution in [1.82, 2.24) is 4.90 Å². The molecule has 0 N–H and O–H groups in total. The first kappa shape index (κ1) is 23.9. The maximum absolute atomic E-state index is 14.8. The van der Waals surface area contributed by atoms with Crippen molar-refractivity contribution in [1.29, 1.82) is 0 Å². The molecule has 3 aromatic carbocycles. The first-order valence-electron chi connectivity index (χ1n) is 11.8. The molecule has 2 amide bonds. The molecular formula is C28H26ClFN2O2S. The summed E-state index contributed by atoms with van der Waals surface area (Å²) >= 11 is 7.81. The number of nitrogens with zero attached hydrogens (tertiary/aromatic N) is 2. The van der Waals surface area contributed by atoms with Crippen LogP contribution in [0.25, 0.3) is 0 Å². The zero-order valence-electron chi connectivity index (χ0n) is 19.6. The van der Waals surface area contributed by atoms with Gasteiger partial charge in [-0.05, 0) is 75.6 Å². The molecule has 2 atom stereocenters. The highest BCUT2D eigenvalue weighted by molar-refractivity contribution is 7.99. The number of carbonyl (C=O) groups excluding carboxylic acids is 2. The van der Waals surface area contributed by atoms with Crippen molar-refractivity contribution in [3.8, 4) is 0 Å². The van der Waals surface area contributed by atoms with Gasteiger partial charge in [0.1, 0.15) is 5.82 Å². The lowest BCUT2D eigenvalue weighted by Crippen LogP contribution is -2.47. The molecule has 0 radical (unpaired) electrons. The van der Waals surface area contributed by atoms with Gasteiger partial charge in [0.15, 0.2) is 0 Å². The molecular weight excluding hydrogens is 483 g/mol. The molecule has 1 fully saturated rings. The summed E-state index contributed by atoms with van der Waals surface area (Å²) in [6.07, 6.45) is 3.06. The van der Waals surface area contributed by atoms with Crippen molar-refractivity contribution < 1.29 is 14.0 Å². The van der Waals surface area contributed by atoms with Crippen LogP contribution in [0.4, 0.5) is 10.1 Å². The summed E-state index contributed by atoms with van der Waals surface area (Å²) < 4.78 is 14.8. The smallest absolute Gasteiger partial charge is 0.259 e. The number of anilines is 1. The predicted molar refractivity (Wildman–Crippen MR) is 138 cm³/mol. The van der Waals surface area contributed by atoms with Crippen molar-refractivity contribution >= 4 is 40.9 Å². The van der Waals surface area contributed by atoms with E-state index < -0.39 is 5.82 Å². The lowest BCUT2D eigenvalue weighted by Gasteiger charge is -2.39. The van der Waals surface area contributed by atoms with Crippen LogP contribution in [0.3, 0.4) is 0 Å².